The van der Waals surface area contributed by atoms with E-state index in [0.717, 1.165) is 45.2 Å². The van der Waals surface area contributed by atoms with Crippen molar-refractivity contribution >= 4 is 12.1 Å². The van der Waals surface area contributed by atoms with E-state index in [4.69, 9.17) is 5.21 Å². The second-order valence-corrected chi connectivity index (χ2v) is 5.22. The number of carbonyl (C=O) groups excluding carboxylic acids is 1. The summed E-state index contributed by atoms with van der Waals surface area (Å²) in [7, 11) is 2.13. The van der Waals surface area contributed by atoms with Gasteiger partial charge in [0.25, 0.3) is 5.91 Å². The second-order valence-electron chi connectivity index (χ2n) is 5.22. The first-order chi connectivity index (χ1) is 10.7. The van der Waals surface area contributed by atoms with Gasteiger partial charge in [-0.15, -0.1) is 0 Å². The van der Waals surface area contributed by atoms with Gasteiger partial charge in [-0.05, 0) is 45.1 Å². The molecular weight excluding hydrogens is 280 g/mol. The maximum absolute atomic E-state index is 11.0. The largest absolute Gasteiger partial charge is 0.411 e. The SMILES string of the molecule is CN(CCCNCCCNC(=O)C=NO)Cc1ccccc1. The van der Waals surface area contributed by atoms with Gasteiger partial charge in [0, 0.05) is 13.1 Å². The van der Waals surface area contributed by atoms with Crippen molar-refractivity contribution in [3.8, 4) is 0 Å². The minimum absolute atomic E-state index is 0.370. The summed E-state index contributed by atoms with van der Waals surface area (Å²) in [6.07, 6.45) is 2.80. The summed E-state index contributed by atoms with van der Waals surface area (Å²) in [6.45, 7) is 4.42. The van der Waals surface area contributed by atoms with Gasteiger partial charge in [0.15, 0.2) is 0 Å². The van der Waals surface area contributed by atoms with Gasteiger partial charge in [-0.2, -0.15) is 0 Å². The van der Waals surface area contributed by atoms with Crippen LogP contribution in [0.3, 0.4) is 0 Å². The molecule has 1 aromatic carbocycles. The highest BCUT2D eigenvalue weighted by atomic mass is 16.4. The summed E-state index contributed by atoms with van der Waals surface area (Å²) in [5.74, 6) is -0.370. The van der Waals surface area contributed by atoms with Crippen molar-refractivity contribution in [2.75, 3.05) is 33.2 Å². The quantitative estimate of drug-likeness (QED) is 0.247. The molecule has 1 rings (SSSR count). The zero-order valence-corrected chi connectivity index (χ0v) is 13.2. The first-order valence-corrected chi connectivity index (χ1v) is 7.61. The Bertz CT molecular complexity index is 437. The van der Waals surface area contributed by atoms with Crippen molar-refractivity contribution in [2.24, 2.45) is 5.16 Å². The number of amides is 1. The average molecular weight is 306 g/mol. The summed E-state index contributed by atoms with van der Waals surface area (Å²) < 4.78 is 0. The number of hydrogen-bond donors (Lipinski definition) is 3. The molecule has 0 aliphatic heterocycles. The lowest BCUT2D eigenvalue weighted by atomic mass is 10.2. The van der Waals surface area contributed by atoms with Crippen LogP contribution in [0.25, 0.3) is 0 Å². The summed E-state index contributed by atoms with van der Waals surface area (Å²) in [5, 5.41) is 16.8. The van der Waals surface area contributed by atoms with Crippen LogP contribution in [0.2, 0.25) is 0 Å². The molecular formula is C16H26N4O2. The van der Waals surface area contributed by atoms with Gasteiger partial charge in [0.1, 0.15) is 6.21 Å². The molecule has 0 radical (unpaired) electrons. The van der Waals surface area contributed by atoms with E-state index in [1.807, 2.05) is 6.07 Å². The number of rotatable bonds is 11. The number of nitrogens with one attached hydrogen (secondary N) is 2. The lowest BCUT2D eigenvalue weighted by Crippen LogP contribution is -2.29. The number of carbonyl (C=O) groups is 1. The molecule has 3 N–H and O–H groups in total. The Balaban J connectivity index is 1.94. The van der Waals surface area contributed by atoms with E-state index in [1.54, 1.807) is 0 Å². The topological polar surface area (TPSA) is 77.0 Å². The summed E-state index contributed by atoms with van der Waals surface area (Å²) in [5.41, 5.74) is 1.33. The van der Waals surface area contributed by atoms with Crippen LogP contribution in [0.4, 0.5) is 0 Å². The van der Waals surface area contributed by atoms with E-state index in [0.29, 0.717) is 6.54 Å². The highest BCUT2D eigenvalue weighted by Crippen LogP contribution is 2.02. The van der Waals surface area contributed by atoms with Gasteiger partial charge in [-0.25, -0.2) is 0 Å². The van der Waals surface area contributed by atoms with Crippen molar-refractivity contribution in [2.45, 2.75) is 19.4 Å². The van der Waals surface area contributed by atoms with E-state index < -0.39 is 0 Å². The fourth-order valence-corrected chi connectivity index (χ4v) is 2.10. The Kier molecular flexibility index (Phi) is 9.65. The van der Waals surface area contributed by atoms with Gasteiger partial charge < -0.3 is 20.7 Å². The number of nitrogens with zero attached hydrogens (tertiary/aromatic N) is 2. The Morgan fingerprint density at radius 1 is 1.23 bits per heavy atom. The number of hydrogen-bond acceptors (Lipinski definition) is 5. The van der Waals surface area contributed by atoms with Crippen LogP contribution in [-0.4, -0.2) is 55.5 Å². The maximum Gasteiger partial charge on any atom is 0.265 e. The van der Waals surface area contributed by atoms with Gasteiger partial charge in [-0.1, -0.05) is 35.5 Å². The van der Waals surface area contributed by atoms with Gasteiger partial charge in [-0.3, -0.25) is 4.79 Å². The van der Waals surface area contributed by atoms with E-state index in [1.165, 1.54) is 5.56 Å². The number of oxime groups is 1. The first-order valence-electron chi connectivity index (χ1n) is 7.61. The molecule has 0 aliphatic carbocycles. The lowest BCUT2D eigenvalue weighted by molar-refractivity contribution is -0.114. The molecule has 0 heterocycles. The van der Waals surface area contributed by atoms with E-state index in [-0.39, 0.29) is 5.91 Å². The molecule has 0 fully saturated rings. The average Bonchev–Trinajstić information content (AvgIpc) is 2.51. The molecule has 6 nitrogen and oxygen atoms in total. The second kappa shape index (κ2) is 11.7. The molecule has 1 aromatic rings. The smallest absolute Gasteiger partial charge is 0.265 e. The molecule has 0 saturated carbocycles. The lowest BCUT2D eigenvalue weighted by Gasteiger charge is -2.16. The van der Waals surface area contributed by atoms with Crippen LogP contribution in [0.1, 0.15) is 18.4 Å². The molecule has 0 aromatic heterocycles. The van der Waals surface area contributed by atoms with Crippen LogP contribution in [-0.2, 0) is 11.3 Å². The van der Waals surface area contributed by atoms with Crippen molar-refractivity contribution in [3.05, 3.63) is 35.9 Å². The van der Waals surface area contributed by atoms with E-state index in [9.17, 15) is 4.79 Å². The third kappa shape index (κ3) is 9.10. The molecule has 0 unspecified atom stereocenters. The Hall–Kier alpha value is -1.92. The van der Waals surface area contributed by atoms with Crippen LogP contribution in [0.5, 0.6) is 0 Å². The van der Waals surface area contributed by atoms with Crippen LogP contribution >= 0.6 is 0 Å². The van der Waals surface area contributed by atoms with Crippen LogP contribution < -0.4 is 10.6 Å². The molecule has 1 amide bonds. The van der Waals surface area contributed by atoms with Crippen molar-refractivity contribution in [3.63, 3.8) is 0 Å². The summed E-state index contributed by atoms with van der Waals surface area (Å²) >= 11 is 0. The molecule has 6 heteroatoms. The zero-order valence-electron chi connectivity index (χ0n) is 13.2. The minimum Gasteiger partial charge on any atom is -0.411 e. The standard InChI is InChI=1S/C16H26N4O2/c1-20(14-15-7-3-2-4-8-15)12-6-10-17-9-5-11-18-16(21)13-19-22/h2-4,7-8,13,17,22H,5-6,9-12,14H2,1H3,(H,18,21). The molecule has 0 saturated heterocycles. The highest BCUT2D eigenvalue weighted by Gasteiger charge is 1.99. The Labute approximate surface area is 132 Å². The van der Waals surface area contributed by atoms with Gasteiger partial charge >= 0.3 is 0 Å². The zero-order chi connectivity index (χ0) is 16.0. The Morgan fingerprint density at radius 3 is 2.68 bits per heavy atom. The minimum atomic E-state index is -0.370. The number of benzene rings is 1. The molecule has 0 aliphatic rings. The molecule has 122 valence electrons. The summed E-state index contributed by atoms with van der Waals surface area (Å²) in [6, 6.07) is 10.5. The molecule has 0 spiro atoms. The third-order valence-corrected chi connectivity index (χ3v) is 3.19. The molecule has 0 bridgehead atoms. The predicted octanol–water partition coefficient (Wildman–Crippen LogP) is 1.06. The third-order valence-electron chi connectivity index (χ3n) is 3.19. The Morgan fingerprint density at radius 2 is 1.95 bits per heavy atom. The molecule has 0 atom stereocenters. The van der Waals surface area contributed by atoms with Crippen molar-refractivity contribution in [1.82, 2.24) is 15.5 Å². The monoisotopic (exact) mass is 306 g/mol. The summed E-state index contributed by atoms with van der Waals surface area (Å²) in [4.78, 5) is 13.3. The molecule has 22 heavy (non-hydrogen) atoms. The van der Waals surface area contributed by atoms with Gasteiger partial charge in [0.2, 0.25) is 0 Å². The first kappa shape index (κ1) is 18.1. The van der Waals surface area contributed by atoms with E-state index >= 15 is 0 Å². The van der Waals surface area contributed by atoms with Crippen LogP contribution in [0.15, 0.2) is 35.5 Å². The van der Waals surface area contributed by atoms with Crippen molar-refractivity contribution < 1.29 is 10.0 Å². The highest BCUT2D eigenvalue weighted by molar-refractivity contribution is 6.25. The van der Waals surface area contributed by atoms with Crippen LogP contribution in [0, 0.1) is 0 Å². The normalized spacial score (nSPS) is 11.2. The fourth-order valence-electron chi connectivity index (χ4n) is 2.10. The predicted molar refractivity (Wildman–Crippen MR) is 88.2 cm³/mol. The van der Waals surface area contributed by atoms with E-state index in [2.05, 4.69) is 52.0 Å². The van der Waals surface area contributed by atoms with Crippen molar-refractivity contribution in [1.29, 1.82) is 0 Å². The fraction of sp³-hybridized carbons (Fsp3) is 0.500. The maximum atomic E-state index is 11.0. The van der Waals surface area contributed by atoms with Gasteiger partial charge in [0.05, 0.1) is 0 Å².